The zero-order valence-electron chi connectivity index (χ0n) is 7.99. The molecule has 0 radical (unpaired) electrons. The third-order valence-electron chi connectivity index (χ3n) is 2.45. The van der Waals surface area contributed by atoms with Gasteiger partial charge >= 0.3 is 0 Å². The van der Waals surface area contributed by atoms with E-state index in [0.717, 1.165) is 0 Å². The van der Waals surface area contributed by atoms with E-state index < -0.39 is 0 Å². The molecule has 0 fully saturated rings. The van der Waals surface area contributed by atoms with Crippen LogP contribution in [0.5, 0.6) is 0 Å². The van der Waals surface area contributed by atoms with Crippen LogP contribution in [0.3, 0.4) is 0 Å². The zero-order valence-corrected chi connectivity index (χ0v) is 7.99. The number of allylic oxidation sites excluding steroid dienone is 1. The van der Waals surface area contributed by atoms with Gasteiger partial charge in [0.1, 0.15) is 0 Å². The Kier molecular flexibility index (Phi) is 3.14. The lowest BCUT2D eigenvalue weighted by Crippen LogP contribution is -2.16. The zero-order chi connectivity index (χ0) is 8.36. The average molecular weight is 140 g/mol. The van der Waals surface area contributed by atoms with Gasteiger partial charge in [-0.05, 0) is 17.8 Å². The summed E-state index contributed by atoms with van der Waals surface area (Å²) in [5.41, 5.74) is 1.70. The first kappa shape index (κ1) is 9.74. The van der Waals surface area contributed by atoms with E-state index in [1.165, 1.54) is 12.0 Å². The maximum atomic E-state index is 4.10. The van der Waals surface area contributed by atoms with Crippen molar-refractivity contribution in [1.29, 1.82) is 0 Å². The van der Waals surface area contributed by atoms with E-state index in [1.807, 2.05) is 0 Å². The van der Waals surface area contributed by atoms with Crippen molar-refractivity contribution >= 4 is 0 Å². The standard InChI is InChI=1S/C10H20/c1-7-10(5,6)9(4)8(2)3/h8H,4,7H2,1-3,5-6H3. The molecule has 0 aliphatic carbocycles. The van der Waals surface area contributed by atoms with Crippen LogP contribution in [0.15, 0.2) is 12.2 Å². The highest BCUT2D eigenvalue weighted by Gasteiger charge is 2.20. The van der Waals surface area contributed by atoms with E-state index in [1.54, 1.807) is 0 Å². The second-order valence-corrected chi connectivity index (χ2v) is 3.92. The van der Waals surface area contributed by atoms with E-state index in [9.17, 15) is 0 Å². The number of hydrogen-bond acceptors (Lipinski definition) is 0. The van der Waals surface area contributed by atoms with Crippen LogP contribution in [-0.4, -0.2) is 0 Å². The molecule has 10 heavy (non-hydrogen) atoms. The van der Waals surface area contributed by atoms with Crippen LogP contribution >= 0.6 is 0 Å². The topological polar surface area (TPSA) is 0 Å². The molecule has 0 atom stereocenters. The summed E-state index contributed by atoms with van der Waals surface area (Å²) in [4.78, 5) is 0. The first-order chi connectivity index (χ1) is 4.41. The molecule has 0 unspecified atom stereocenters. The molecule has 0 aromatic rings. The molecule has 0 nitrogen and oxygen atoms in total. The van der Waals surface area contributed by atoms with Gasteiger partial charge in [0.05, 0.1) is 0 Å². The van der Waals surface area contributed by atoms with Crippen LogP contribution in [-0.2, 0) is 0 Å². The minimum absolute atomic E-state index is 0.328. The van der Waals surface area contributed by atoms with Crippen molar-refractivity contribution in [2.24, 2.45) is 11.3 Å². The number of rotatable bonds is 3. The average Bonchev–Trinajstić information content (AvgIpc) is 1.86. The van der Waals surface area contributed by atoms with Gasteiger partial charge in [-0.3, -0.25) is 0 Å². The third-order valence-corrected chi connectivity index (χ3v) is 2.45. The van der Waals surface area contributed by atoms with Crippen LogP contribution in [0.4, 0.5) is 0 Å². The molecule has 0 heteroatoms. The Hall–Kier alpha value is -0.260. The SMILES string of the molecule is C=C(C(C)C)C(C)(C)CC. The summed E-state index contributed by atoms with van der Waals surface area (Å²) in [5.74, 6) is 0.620. The molecule has 0 saturated heterocycles. The van der Waals surface area contributed by atoms with Crippen molar-refractivity contribution in [3.8, 4) is 0 Å². The molecule has 60 valence electrons. The third kappa shape index (κ3) is 2.17. The first-order valence-corrected chi connectivity index (χ1v) is 4.11. The van der Waals surface area contributed by atoms with Crippen molar-refractivity contribution in [1.82, 2.24) is 0 Å². The molecule has 0 aliphatic rings. The smallest absolute Gasteiger partial charge is 0.0147 e. The maximum Gasteiger partial charge on any atom is -0.0147 e. The molecule has 0 bridgehead atoms. The Labute approximate surface area is 65.3 Å². The highest BCUT2D eigenvalue weighted by molar-refractivity contribution is 5.08. The van der Waals surface area contributed by atoms with E-state index in [4.69, 9.17) is 0 Å². The monoisotopic (exact) mass is 140 g/mol. The molecule has 0 aromatic heterocycles. The minimum Gasteiger partial charge on any atom is -0.0991 e. The maximum absolute atomic E-state index is 4.10. The lowest BCUT2D eigenvalue weighted by molar-refractivity contribution is 0.391. The van der Waals surface area contributed by atoms with Gasteiger partial charge in [-0.2, -0.15) is 0 Å². The minimum atomic E-state index is 0.328. The van der Waals surface area contributed by atoms with Gasteiger partial charge in [0.25, 0.3) is 0 Å². The van der Waals surface area contributed by atoms with E-state index in [-0.39, 0.29) is 0 Å². The van der Waals surface area contributed by atoms with Crippen LogP contribution in [0.25, 0.3) is 0 Å². The Morgan fingerprint density at radius 2 is 1.80 bits per heavy atom. The first-order valence-electron chi connectivity index (χ1n) is 4.11. The van der Waals surface area contributed by atoms with Crippen molar-refractivity contribution in [3.05, 3.63) is 12.2 Å². The highest BCUT2D eigenvalue weighted by atomic mass is 14.3. The largest absolute Gasteiger partial charge is 0.0991 e. The van der Waals surface area contributed by atoms with Crippen molar-refractivity contribution in [2.45, 2.75) is 41.0 Å². The molecule has 0 aliphatic heterocycles. The Bertz CT molecular complexity index is 118. The van der Waals surface area contributed by atoms with Gasteiger partial charge in [0, 0.05) is 0 Å². The Balaban J connectivity index is 4.19. The van der Waals surface area contributed by atoms with E-state index in [0.29, 0.717) is 11.3 Å². The molecular weight excluding hydrogens is 120 g/mol. The molecule has 0 N–H and O–H groups in total. The van der Waals surface area contributed by atoms with Gasteiger partial charge in [0.2, 0.25) is 0 Å². The predicted octanol–water partition coefficient (Wildman–Crippen LogP) is 3.63. The fourth-order valence-corrected chi connectivity index (χ4v) is 1.01. The summed E-state index contributed by atoms with van der Waals surface area (Å²) < 4.78 is 0. The van der Waals surface area contributed by atoms with Crippen molar-refractivity contribution in [2.75, 3.05) is 0 Å². The summed E-state index contributed by atoms with van der Waals surface area (Å²) in [7, 11) is 0. The fraction of sp³-hybridized carbons (Fsp3) is 0.800. The molecule has 0 amide bonds. The van der Waals surface area contributed by atoms with E-state index >= 15 is 0 Å². The lowest BCUT2D eigenvalue weighted by Gasteiger charge is -2.28. The summed E-state index contributed by atoms with van der Waals surface area (Å²) >= 11 is 0. The second kappa shape index (κ2) is 3.23. The van der Waals surface area contributed by atoms with Gasteiger partial charge in [-0.1, -0.05) is 46.8 Å². The van der Waals surface area contributed by atoms with Gasteiger partial charge < -0.3 is 0 Å². The predicted molar refractivity (Wildman–Crippen MR) is 48.1 cm³/mol. The molecule has 0 aromatic carbocycles. The summed E-state index contributed by atoms with van der Waals surface area (Å²) in [6.45, 7) is 15.2. The molecule has 0 spiro atoms. The van der Waals surface area contributed by atoms with Crippen molar-refractivity contribution in [3.63, 3.8) is 0 Å². The molecular formula is C10H20. The normalized spacial score (nSPS) is 12.2. The fourth-order valence-electron chi connectivity index (χ4n) is 1.01. The van der Waals surface area contributed by atoms with Gasteiger partial charge in [-0.25, -0.2) is 0 Å². The van der Waals surface area contributed by atoms with Crippen LogP contribution < -0.4 is 0 Å². The quantitative estimate of drug-likeness (QED) is 0.525. The molecule has 0 heterocycles. The molecule has 0 saturated carbocycles. The summed E-state index contributed by atoms with van der Waals surface area (Å²) in [5, 5.41) is 0. The van der Waals surface area contributed by atoms with Crippen molar-refractivity contribution < 1.29 is 0 Å². The Morgan fingerprint density at radius 1 is 1.40 bits per heavy atom. The summed E-state index contributed by atoms with van der Waals surface area (Å²) in [6, 6.07) is 0. The highest BCUT2D eigenvalue weighted by Crippen LogP contribution is 2.33. The number of hydrogen-bond donors (Lipinski definition) is 0. The van der Waals surface area contributed by atoms with Gasteiger partial charge in [0.15, 0.2) is 0 Å². The second-order valence-electron chi connectivity index (χ2n) is 3.92. The van der Waals surface area contributed by atoms with Crippen LogP contribution in [0, 0.1) is 11.3 Å². The van der Waals surface area contributed by atoms with Gasteiger partial charge in [-0.15, -0.1) is 0 Å². The van der Waals surface area contributed by atoms with Crippen LogP contribution in [0.2, 0.25) is 0 Å². The van der Waals surface area contributed by atoms with E-state index in [2.05, 4.69) is 41.2 Å². The van der Waals surface area contributed by atoms with Crippen LogP contribution in [0.1, 0.15) is 41.0 Å². The Morgan fingerprint density at radius 3 is 1.90 bits per heavy atom. The molecule has 0 rings (SSSR count). The lowest BCUT2D eigenvalue weighted by atomic mass is 9.77. The summed E-state index contributed by atoms with van der Waals surface area (Å²) in [6.07, 6.45) is 1.18.